The Bertz CT molecular complexity index is 341. The molecule has 0 radical (unpaired) electrons. The van der Waals surface area contributed by atoms with Crippen LogP contribution in [0.1, 0.15) is 0 Å². The summed E-state index contributed by atoms with van der Waals surface area (Å²) < 4.78 is 0.585. The van der Waals surface area contributed by atoms with Crippen LogP contribution in [0.4, 0.5) is 11.4 Å². The quantitative estimate of drug-likeness (QED) is 0.453. The number of nitro groups is 1. The van der Waals surface area contributed by atoms with E-state index in [1.165, 1.54) is 6.20 Å². The van der Waals surface area contributed by atoms with Crippen LogP contribution in [-0.4, -0.2) is 24.0 Å². The number of pyridine rings is 1. The molecule has 0 bridgehead atoms. The van der Waals surface area contributed by atoms with Gasteiger partial charge in [0.05, 0.1) is 4.92 Å². The fourth-order valence-electron chi connectivity index (χ4n) is 0.912. The van der Waals surface area contributed by atoms with Gasteiger partial charge in [0.1, 0.15) is 16.5 Å². The van der Waals surface area contributed by atoms with E-state index in [0.29, 0.717) is 10.3 Å². The summed E-state index contributed by atoms with van der Waals surface area (Å²) in [5.74, 6) is 0. The number of nitrogens with zero attached hydrogens (tertiary/aromatic N) is 3. The number of aromatic nitrogens is 1. The van der Waals surface area contributed by atoms with Gasteiger partial charge in [-0.2, -0.15) is 0 Å². The van der Waals surface area contributed by atoms with Crippen LogP contribution < -0.4 is 4.90 Å². The van der Waals surface area contributed by atoms with Gasteiger partial charge in [-0.3, -0.25) is 10.1 Å². The lowest BCUT2D eigenvalue weighted by atomic mass is 10.3. The summed E-state index contributed by atoms with van der Waals surface area (Å²) in [5, 5.41) is 10.6. The van der Waals surface area contributed by atoms with E-state index < -0.39 is 4.92 Å². The van der Waals surface area contributed by atoms with Gasteiger partial charge in [-0.05, 0) is 15.9 Å². The van der Waals surface area contributed by atoms with Gasteiger partial charge in [-0.1, -0.05) is 0 Å². The third-order valence-electron chi connectivity index (χ3n) is 1.51. The molecule has 0 unspecified atom stereocenters. The molecule has 0 aliphatic rings. The summed E-state index contributed by atoms with van der Waals surface area (Å²) in [6.07, 6.45) is 1.24. The lowest BCUT2D eigenvalue weighted by Crippen LogP contribution is -2.11. The van der Waals surface area contributed by atoms with Gasteiger partial charge in [0.2, 0.25) is 0 Å². The predicted octanol–water partition coefficient (Wildman–Crippen LogP) is 1.82. The molecule has 70 valence electrons. The Hall–Kier alpha value is -1.17. The average Bonchev–Trinajstić information content (AvgIpc) is 2.03. The van der Waals surface area contributed by atoms with Gasteiger partial charge in [0, 0.05) is 20.2 Å². The maximum absolute atomic E-state index is 10.6. The van der Waals surface area contributed by atoms with Crippen molar-refractivity contribution < 1.29 is 4.92 Å². The Morgan fingerprint density at radius 2 is 2.23 bits per heavy atom. The molecule has 1 heterocycles. The molecule has 0 saturated heterocycles. The van der Waals surface area contributed by atoms with Crippen LogP contribution in [-0.2, 0) is 0 Å². The molecule has 0 atom stereocenters. The largest absolute Gasteiger partial charge is 0.372 e. The van der Waals surface area contributed by atoms with Gasteiger partial charge in [0.25, 0.3) is 0 Å². The zero-order valence-electron chi connectivity index (χ0n) is 7.19. The highest BCUT2D eigenvalue weighted by Crippen LogP contribution is 2.27. The lowest BCUT2D eigenvalue weighted by molar-refractivity contribution is -0.384. The summed E-state index contributed by atoms with van der Waals surface area (Å²) in [6, 6.07) is 1.61. The molecule has 0 N–H and O–H groups in total. The van der Waals surface area contributed by atoms with E-state index in [0.717, 1.165) is 0 Å². The molecule has 13 heavy (non-hydrogen) atoms. The second kappa shape index (κ2) is 3.69. The highest BCUT2D eigenvalue weighted by molar-refractivity contribution is 9.10. The Morgan fingerprint density at radius 3 is 2.69 bits per heavy atom. The van der Waals surface area contributed by atoms with Gasteiger partial charge in [0.15, 0.2) is 0 Å². The summed E-state index contributed by atoms with van der Waals surface area (Å²) in [6.45, 7) is 0. The van der Waals surface area contributed by atoms with E-state index in [2.05, 4.69) is 20.9 Å². The van der Waals surface area contributed by atoms with Crippen LogP contribution in [0.15, 0.2) is 16.9 Å². The minimum atomic E-state index is -0.450. The first kappa shape index (κ1) is 9.91. The van der Waals surface area contributed by atoms with Crippen molar-refractivity contribution in [2.24, 2.45) is 0 Å². The monoisotopic (exact) mass is 245 g/mol. The minimum absolute atomic E-state index is 0.00759. The molecule has 0 fully saturated rings. The number of halogens is 1. The molecule has 1 rings (SSSR count). The van der Waals surface area contributed by atoms with Gasteiger partial charge >= 0.3 is 5.69 Å². The SMILES string of the molecule is CN(C)c1cc(Br)ncc1[N+](=O)[O-]. The van der Waals surface area contributed by atoms with Crippen LogP contribution in [0.3, 0.4) is 0 Å². The van der Waals surface area contributed by atoms with E-state index in [9.17, 15) is 10.1 Å². The third kappa shape index (κ3) is 2.15. The second-order valence-corrected chi connectivity index (χ2v) is 3.46. The van der Waals surface area contributed by atoms with E-state index in [4.69, 9.17) is 0 Å². The van der Waals surface area contributed by atoms with Crippen molar-refractivity contribution in [3.05, 3.63) is 27.0 Å². The van der Waals surface area contributed by atoms with E-state index >= 15 is 0 Å². The van der Waals surface area contributed by atoms with Crippen molar-refractivity contribution in [1.82, 2.24) is 4.98 Å². The molecule has 0 spiro atoms. The average molecular weight is 246 g/mol. The highest BCUT2D eigenvalue weighted by Gasteiger charge is 2.15. The van der Waals surface area contributed by atoms with Gasteiger partial charge < -0.3 is 4.90 Å². The van der Waals surface area contributed by atoms with E-state index in [-0.39, 0.29) is 5.69 Å². The molecule has 6 heteroatoms. The predicted molar refractivity (Wildman–Crippen MR) is 52.9 cm³/mol. The Morgan fingerprint density at radius 1 is 1.62 bits per heavy atom. The van der Waals surface area contributed by atoms with Crippen molar-refractivity contribution in [1.29, 1.82) is 0 Å². The zero-order valence-corrected chi connectivity index (χ0v) is 8.78. The van der Waals surface area contributed by atoms with E-state index in [1.807, 2.05) is 0 Å². The number of hydrogen-bond acceptors (Lipinski definition) is 4. The molecular weight excluding hydrogens is 238 g/mol. The maximum atomic E-state index is 10.6. The fraction of sp³-hybridized carbons (Fsp3) is 0.286. The molecule has 0 aromatic carbocycles. The topological polar surface area (TPSA) is 59.3 Å². The Balaban J connectivity index is 3.26. The summed E-state index contributed by atoms with van der Waals surface area (Å²) in [5.41, 5.74) is 0.542. The fourth-order valence-corrected chi connectivity index (χ4v) is 1.23. The highest BCUT2D eigenvalue weighted by atomic mass is 79.9. The lowest BCUT2D eigenvalue weighted by Gasteiger charge is -2.11. The van der Waals surface area contributed by atoms with Crippen LogP contribution in [0, 0.1) is 10.1 Å². The second-order valence-electron chi connectivity index (χ2n) is 2.65. The Labute approximate surface area is 83.7 Å². The standard InChI is InChI=1S/C7H8BrN3O2/c1-10(2)5-3-7(8)9-4-6(5)11(12)13/h3-4H,1-2H3. The third-order valence-corrected chi connectivity index (χ3v) is 1.94. The molecule has 5 nitrogen and oxygen atoms in total. The van der Waals surface area contributed by atoms with Crippen LogP contribution in [0.2, 0.25) is 0 Å². The van der Waals surface area contributed by atoms with Crippen molar-refractivity contribution in [3.8, 4) is 0 Å². The number of rotatable bonds is 2. The molecule has 0 aliphatic carbocycles. The smallest absolute Gasteiger partial charge is 0.310 e. The summed E-state index contributed by atoms with van der Waals surface area (Å²) in [7, 11) is 3.49. The first-order valence-electron chi connectivity index (χ1n) is 3.49. The molecule has 1 aromatic heterocycles. The van der Waals surface area contributed by atoms with Crippen molar-refractivity contribution in [2.75, 3.05) is 19.0 Å². The zero-order chi connectivity index (χ0) is 10.0. The van der Waals surface area contributed by atoms with Crippen molar-refractivity contribution in [3.63, 3.8) is 0 Å². The van der Waals surface area contributed by atoms with Gasteiger partial charge in [-0.25, -0.2) is 4.98 Å². The molecular formula is C7H8BrN3O2. The first-order valence-corrected chi connectivity index (χ1v) is 4.29. The number of hydrogen-bond donors (Lipinski definition) is 0. The summed E-state index contributed by atoms with van der Waals surface area (Å²) in [4.78, 5) is 15.6. The van der Waals surface area contributed by atoms with Crippen molar-refractivity contribution in [2.45, 2.75) is 0 Å². The normalized spacial score (nSPS) is 9.77. The van der Waals surface area contributed by atoms with Crippen LogP contribution in [0.25, 0.3) is 0 Å². The molecule has 0 saturated carbocycles. The maximum Gasteiger partial charge on any atom is 0.310 e. The van der Waals surface area contributed by atoms with Crippen LogP contribution in [0.5, 0.6) is 0 Å². The Kier molecular flexibility index (Phi) is 2.82. The van der Waals surface area contributed by atoms with E-state index in [1.54, 1.807) is 25.1 Å². The van der Waals surface area contributed by atoms with Crippen LogP contribution >= 0.6 is 15.9 Å². The minimum Gasteiger partial charge on any atom is -0.372 e. The molecule has 0 aliphatic heterocycles. The van der Waals surface area contributed by atoms with Crippen molar-refractivity contribution >= 4 is 27.3 Å². The molecule has 0 amide bonds. The summed E-state index contributed by atoms with van der Waals surface area (Å²) >= 11 is 3.15. The van der Waals surface area contributed by atoms with Gasteiger partial charge in [-0.15, -0.1) is 0 Å². The first-order chi connectivity index (χ1) is 6.02. The molecule has 1 aromatic rings. The number of anilines is 1.